The third-order valence-electron chi connectivity index (χ3n) is 4.57. The van der Waals surface area contributed by atoms with E-state index in [4.69, 9.17) is 4.74 Å². The minimum atomic E-state index is -0.566. The van der Waals surface area contributed by atoms with Crippen LogP contribution in [0.15, 0.2) is 72.8 Å². The molecule has 0 aliphatic carbocycles. The van der Waals surface area contributed by atoms with Gasteiger partial charge in [-0.2, -0.15) is 4.98 Å². The summed E-state index contributed by atoms with van der Waals surface area (Å²) in [4.78, 5) is 16.7. The van der Waals surface area contributed by atoms with Crippen LogP contribution in [0.1, 0.15) is 15.9 Å². The second kappa shape index (κ2) is 8.16. The van der Waals surface area contributed by atoms with E-state index in [9.17, 15) is 9.18 Å². The van der Waals surface area contributed by atoms with Crippen molar-refractivity contribution in [2.24, 2.45) is 0 Å². The summed E-state index contributed by atoms with van der Waals surface area (Å²) in [6.07, 6.45) is 0. The highest BCUT2D eigenvalue weighted by molar-refractivity contribution is 6.04. The number of rotatable bonds is 5. The molecule has 0 saturated heterocycles. The molecule has 1 amide bonds. The van der Waals surface area contributed by atoms with Gasteiger partial charge in [-0.15, -0.1) is 5.10 Å². The number of nitrogens with one attached hydrogen (secondary N) is 1. The molecule has 0 radical (unpaired) electrons. The van der Waals surface area contributed by atoms with Crippen molar-refractivity contribution in [3.63, 3.8) is 0 Å². The van der Waals surface area contributed by atoms with E-state index in [0.29, 0.717) is 11.5 Å². The number of aryl methyl sites for hydroxylation is 1. The number of halogens is 1. The maximum Gasteiger partial charge on any atom is 0.336 e. The highest BCUT2D eigenvalue weighted by Gasteiger charge is 2.15. The summed E-state index contributed by atoms with van der Waals surface area (Å²) >= 11 is 0. The van der Waals surface area contributed by atoms with E-state index in [1.54, 1.807) is 41.1 Å². The fourth-order valence-corrected chi connectivity index (χ4v) is 2.98. The zero-order chi connectivity index (χ0) is 21.1. The van der Waals surface area contributed by atoms with Crippen molar-refractivity contribution in [2.75, 3.05) is 12.4 Å². The first kappa shape index (κ1) is 19.3. The monoisotopic (exact) mass is 402 g/mol. The lowest BCUT2D eigenvalue weighted by atomic mass is 10.1. The van der Waals surface area contributed by atoms with Crippen LogP contribution >= 0.6 is 0 Å². The van der Waals surface area contributed by atoms with Gasteiger partial charge in [-0.05, 0) is 43.3 Å². The average Bonchev–Trinajstić information content (AvgIpc) is 3.19. The van der Waals surface area contributed by atoms with Gasteiger partial charge in [0.2, 0.25) is 0 Å². The van der Waals surface area contributed by atoms with Gasteiger partial charge in [-0.25, -0.2) is 9.07 Å². The van der Waals surface area contributed by atoms with Crippen molar-refractivity contribution in [1.82, 2.24) is 14.8 Å². The summed E-state index contributed by atoms with van der Waals surface area (Å²) in [5.41, 5.74) is 3.31. The van der Waals surface area contributed by atoms with Crippen molar-refractivity contribution in [3.05, 3.63) is 89.7 Å². The minimum Gasteiger partial charge on any atom is -0.466 e. The van der Waals surface area contributed by atoms with Crippen LogP contribution in [-0.4, -0.2) is 27.8 Å². The second-order valence-electron chi connectivity index (χ2n) is 6.68. The number of methoxy groups -OCH3 is 1. The molecule has 1 heterocycles. The molecule has 0 aliphatic rings. The van der Waals surface area contributed by atoms with E-state index in [1.165, 1.54) is 19.2 Å². The van der Waals surface area contributed by atoms with Gasteiger partial charge in [0.1, 0.15) is 5.82 Å². The maximum absolute atomic E-state index is 13.8. The Morgan fingerprint density at radius 2 is 1.70 bits per heavy atom. The fourth-order valence-electron chi connectivity index (χ4n) is 2.98. The van der Waals surface area contributed by atoms with E-state index >= 15 is 0 Å². The molecule has 150 valence electrons. The zero-order valence-corrected chi connectivity index (χ0v) is 16.5. The molecule has 0 aliphatic heterocycles. The quantitative estimate of drug-likeness (QED) is 0.528. The summed E-state index contributed by atoms with van der Waals surface area (Å²) in [5.74, 6) is -0.442. The highest BCUT2D eigenvalue weighted by Crippen LogP contribution is 2.25. The molecule has 0 bridgehead atoms. The number of anilines is 1. The molecule has 4 rings (SSSR count). The lowest BCUT2D eigenvalue weighted by molar-refractivity contribution is 0.102. The van der Waals surface area contributed by atoms with Gasteiger partial charge < -0.3 is 10.1 Å². The van der Waals surface area contributed by atoms with Crippen molar-refractivity contribution in [2.45, 2.75) is 6.92 Å². The molecular weight excluding hydrogens is 383 g/mol. The molecule has 4 aromatic rings. The Labute approximate surface area is 173 Å². The first-order valence-corrected chi connectivity index (χ1v) is 9.29. The van der Waals surface area contributed by atoms with Crippen LogP contribution in [0.25, 0.3) is 17.1 Å². The molecule has 3 aromatic carbocycles. The van der Waals surface area contributed by atoms with Gasteiger partial charge in [0.15, 0.2) is 5.82 Å². The highest BCUT2D eigenvalue weighted by atomic mass is 19.1. The second-order valence-corrected chi connectivity index (χ2v) is 6.68. The van der Waals surface area contributed by atoms with E-state index in [2.05, 4.69) is 15.4 Å². The van der Waals surface area contributed by atoms with Crippen molar-refractivity contribution >= 4 is 11.6 Å². The van der Waals surface area contributed by atoms with Gasteiger partial charge >= 0.3 is 6.01 Å². The van der Waals surface area contributed by atoms with Gasteiger partial charge in [-0.1, -0.05) is 42.0 Å². The van der Waals surface area contributed by atoms with Crippen LogP contribution in [0.5, 0.6) is 6.01 Å². The number of amides is 1. The third-order valence-corrected chi connectivity index (χ3v) is 4.57. The van der Waals surface area contributed by atoms with Crippen LogP contribution in [-0.2, 0) is 0 Å². The van der Waals surface area contributed by atoms with Crippen LogP contribution in [0, 0.1) is 12.7 Å². The smallest absolute Gasteiger partial charge is 0.336 e. The number of hydrogen-bond acceptors (Lipinski definition) is 4. The first-order chi connectivity index (χ1) is 14.5. The Kier molecular flexibility index (Phi) is 5.26. The Balaban J connectivity index is 1.61. The van der Waals surface area contributed by atoms with E-state index < -0.39 is 11.7 Å². The standard InChI is InChI=1S/C23H19FN4O2/c1-15-7-9-16(10-8-15)21-26-23(30-2)27-28(21)18-13-11-17(12-14-18)25-22(29)19-5-3-4-6-20(19)24/h3-14H,1-2H3,(H,25,29). The number of benzene rings is 3. The molecule has 1 aromatic heterocycles. The maximum atomic E-state index is 13.8. The molecule has 0 fully saturated rings. The van der Waals surface area contributed by atoms with Gasteiger partial charge in [-0.3, -0.25) is 4.79 Å². The summed E-state index contributed by atoms with van der Waals surface area (Å²) in [6, 6.07) is 21.1. The SMILES string of the molecule is COc1nc(-c2ccc(C)cc2)n(-c2ccc(NC(=O)c3ccccc3F)cc2)n1. The summed E-state index contributed by atoms with van der Waals surface area (Å²) < 4.78 is 20.7. The predicted octanol–water partition coefficient (Wildman–Crippen LogP) is 4.64. The number of ether oxygens (including phenoxy) is 1. The van der Waals surface area contributed by atoms with Crippen LogP contribution in [0.2, 0.25) is 0 Å². The Bertz CT molecular complexity index is 1180. The van der Waals surface area contributed by atoms with E-state index in [1.807, 2.05) is 31.2 Å². The van der Waals surface area contributed by atoms with Crippen molar-refractivity contribution in [1.29, 1.82) is 0 Å². The third kappa shape index (κ3) is 3.91. The number of carbonyl (C=O) groups is 1. The van der Waals surface area contributed by atoms with Crippen LogP contribution < -0.4 is 10.1 Å². The number of aromatic nitrogens is 3. The normalized spacial score (nSPS) is 10.6. The Morgan fingerprint density at radius 3 is 2.37 bits per heavy atom. The topological polar surface area (TPSA) is 69.0 Å². The van der Waals surface area contributed by atoms with Gasteiger partial charge in [0, 0.05) is 11.3 Å². The molecule has 30 heavy (non-hydrogen) atoms. The number of hydrogen-bond donors (Lipinski definition) is 1. The molecule has 0 spiro atoms. The molecule has 0 atom stereocenters. The lowest BCUT2D eigenvalue weighted by Crippen LogP contribution is -2.13. The molecule has 0 unspecified atom stereocenters. The number of carbonyl (C=O) groups excluding carboxylic acids is 1. The molecule has 7 heteroatoms. The molecule has 6 nitrogen and oxygen atoms in total. The van der Waals surface area contributed by atoms with E-state index in [-0.39, 0.29) is 11.6 Å². The Hall–Kier alpha value is -4.00. The van der Waals surface area contributed by atoms with Crippen molar-refractivity contribution < 1.29 is 13.9 Å². The summed E-state index contributed by atoms with van der Waals surface area (Å²) in [6.45, 7) is 2.02. The molecule has 0 saturated carbocycles. The minimum absolute atomic E-state index is 0.00996. The molecule has 1 N–H and O–H groups in total. The fraction of sp³-hybridized carbons (Fsp3) is 0.0870. The van der Waals surface area contributed by atoms with Crippen LogP contribution in [0.4, 0.5) is 10.1 Å². The Morgan fingerprint density at radius 1 is 1.00 bits per heavy atom. The van der Waals surface area contributed by atoms with Gasteiger partial charge in [0.05, 0.1) is 18.4 Å². The summed E-state index contributed by atoms with van der Waals surface area (Å²) in [5, 5.41) is 7.09. The zero-order valence-electron chi connectivity index (χ0n) is 16.5. The van der Waals surface area contributed by atoms with Gasteiger partial charge in [0.25, 0.3) is 5.91 Å². The van der Waals surface area contributed by atoms with E-state index in [0.717, 1.165) is 16.8 Å². The largest absolute Gasteiger partial charge is 0.466 e. The average molecular weight is 402 g/mol. The predicted molar refractivity (Wildman–Crippen MR) is 112 cm³/mol. The summed E-state index contributed by atoms with van der Waals surface area (Å²) in [7, 11) is 1.51. The van der Waals surface area contributed by atoms with Crippen molar-refractivity contribution in [3.8, 4) is 23.1 Å². The lowest BCUT2D eigenvalue weighted by Gasteiger charge is -2.09. The van der Waals surface area contributed by atoms with Crippen LogP contribution in [0.3, 0.4) is 0 Å². The number of nitrogens with zero attached hydrogens (tertiary/aromatic N) is 3. The first-order valence-electron chi connectivity index (χ1n) is 9.29. The molecular formula is C23H19FN4O2.